The Morgan fingerprint density at radius 3 is 2.50 bits per heavy atom. The van der Waals surface area contributed by atoms with E-state index in [9.17, 15) is 13.2 Å². The SMILES string of the molecule is COc1ccc(Cl)cc1S(=O)(=O)N1CCC[C@H](C(=O)N2CCN(c3cccc(C)c3C)CC2)C1. The zero-order valence-electron chi connectivity index (χ0n) is 20.0. The van der Waals surface area contributed by atoms with E-state index in [0.29, 0.717) is 37.5 Å². The number of anilines is 1. The number of hydrogen-bond donors (Lipinski definition) is 0. The minimum atomic E-state index is -3.83. The van der Waals surface area contributed by atoms with Gasteiger partial charge < -0.3 is 14.5 Å². The predicted molar refractivity (Wildman–Crippen MR) is 134 cm³/mol. The quantitative estimate of drug-likeness (QED) is 0.619. The number of rotatable bonds is 5. The van der Waals surface area contributed by atoms with Gasteiger partial charge in [0.25, 0.3) is 0 Å². The number of piperazine rings is 1. The van der Waals surface area contributed by atoms with Gasteiger partial charge in [-0.05, 0) is 62.1 Å². The van der Waals surface area contributed by atoms with Gasteiger partial charge in [-0.2, -0.15) is 4.31 Å². The average molecular weight is 506 g/mol. The number of halogens is 1. The van der Waals surface area contributed by atoms with Crippen LogP contribution in [-0.2, 0) is 14.8 Å². The first-order chi connectivity index (χ1) is 16.2. The molecule has 9 heteroatoms. The van der Waals surface area contributed by atoms with Gasteiger partial charge in [-0.15, -0.1) is 0 Å². The summed E-state index contributed by atoms with van der Waals surface area (Å²) in [6.07, 6.45) is 1.33. The van der Waals surface area contributed by atoms with Gasteiger partial charge in [0, 0.05) is 50.0 Å². The second-order valence-electron chi connectivity index (χ2n) is 9.03. The summed E-state index contributed by atoms with van der Waals surface area (Å²) in [6, 6.07) is 10.9. The van der Waals surface area contributed by atoms with Crippen LogP contribution in [0.4, 0.5) is 5.69 Å². The molecule has 2 aliphatic heterocycles. The number of methoxy groups -OCH3 is 1. The second-order valence-corrected chi connectivity index (χ2v) is 11.4. The highest BCUT2D eigenvalue weighted by atomic mass is 35.5. The van der Waals surface area contributed by atoms with Crippen LogP contribution in [0.2, 0.25) is 5.02 Å². The van der Waals surface area contributed by atoms with Crippen LogP contribution in [-0.4, -0.2) is 69.9 Å². The van der Waals surface area contributed by atoms with E-state index in [4.69, 9.17) is 16.3 Å². The molecule has 184 valence electrons. The maximum Gasteiger partial charge on any atom is 0.246 e. The van der Waals surface area contributed by atoms with E-state index in [0.717, 1.165) is 13.1 Å². The number of ether oxygens (including phenoxy) is 1. The van der Waals surface area contributed by atoms with Crippen LogP contribution in [0.15, 0.2) is 41.3 Å². The number of carbonyl (C=O) groups is 1. The van der Waals surface area contributed by atoms with Crippen molar-refractivity contribution < 1.29 is 17.9 Å². The molecule has 2 saturated heterocycles. The van der Waals surface area contributed by atoms with E-state index in [2.05, 4.69) is 36.9 Å². The Hall–Kier alpha value is -2.29. The third-order valence-electron chi connectivity index (χ3n) is 6.98. The highest BCUT2D eigenvalue weighted by Crippen LogP contribution is 2.32. The molecule has 2 heterocycles. The van der Waals surface area contributed by atoms with Crippen molar-refractivity contribution in [3.05, 3.63) is 52.5 Å². The molecular weight excluding hydrogens is 474 g/mol. The minimum absolute atomic E-state index is 0.0396. The lowest BCUT2D eigenvalue weighted by atomic mass is 9.97. The molecule has 0 aliphatic carbocycles. The maximum absolute atomic E-state index is 13.4. The summed E-state index contributed by atoms with van der Waals surface area (Å²) < 4.78 is 33.4. The largest absolute Gasteiger partial charge is 0.495 e. The third kappa shape index (κ3) is 4.90. The number of sulfonamides is 1. The number of piperidine rings is 1. The maximum atomic E-state index is 13.4. The normalized spacial score (nSPS) is 19.8. The number of nitrogens with zero attached hydrogens (tertiary/aromatic N) is 3. The molecule has 0 radical (unpaired) electrons. The average Bonchev–Trinajstić information content (AvgIpc) is 2.85. The Labute approximate surface area is 207 Å². The van der Waals surface area contributed by atoms with E-state index in [-0.39, 0.29) is 29.0 Å². The molecular formula is C25H32ClN3O4S. The monoisotopic (exact) mass is 505 g/mol. The zero-order valence-corrected chi connectivity index (χ0v) is 21.5. The molecule has 0 saturated carbocycles. The lowest BCUT2D eigenvalue weighted by Gasteiger charge is -2.40. The molecule has 1 amide bonds. The Balaban J connectivity index is 1.43. The summed E-state index contributed by atoms with van der Waals surface area (Å²) in [4.78, 5) is 17.6. The predicted octanol–water partition coefficient (Wildman–Crippen LogP) is 3.71. The first-order valence-corrected chi connectivity index (χ1v) is 13.5. The van der Waals surface area contributed by atoms with Gasteiger partial charge in [-0.3, -0.25) is 4.79 Å². The summed E-state index contributed by atoms with van der Waals surface area (Å²) in [6.45, 7) is 7.61. The number of benzene rings is 2. The molecule has 0 spiro atoms. The van der Waals surface area contributed by atoms with Gasteiger partial charge in [0.05, 0.1) is 13.0 Å². The van der Waals surface area contributed by atoms with Gasteiger partial charge in [-0.25, -0.2) is 8.42 Å². The number of carbonyl (C=O) groups excluding carboxylic acids is 1. The Bertz CT molecular complexity index is 1160. The minimum Gasteiger partial charge on any atom is -0.495 e. The second kappa shape index (κ2) is 10.1. The zero-order chi connectivity index (χ0) is 24.5. The number of aryl methyl sites for hydroxylation is 1. The van der Waals surface area contributed by atoms with Crippen LogP contribution in [0.5, 0.6) is 5.75 Å². The van der Waals surface area contributed by atoms with Crippen LogP contribution >= 0.6 is 11.6 Å². The van der Waals surface area contributed by atoms with Crippen molar-refractivity contribution in [3.8, 4) is 5.75 Å². The summed E-state index contributed by atoms with van der Waals surface area (Å²) in [7, 11) is -2.40. The third-order valence-corrected chi connectivity index (χ3v) is 9.11. The Morgan fingerprint density at radius 2 is 1.79 bits per heavy atom. The molecule has 0 N–H and O–H groups in total. The topological polar surface area (TPSA) is 70.2 Å². The smallest absolute Gasteiger partial charge is 0.246 e. The fourth-order valence-electron chi connectivity index (χ4n) is 4.86. The van der Waals surface area contributed by atoms with E-state index < -0.39 is 10.0 Å². The van der Waals surface area contributed by atoms with Gasteiger partial charge in [0.2, 0.25) is 15.9 Å². The molecule has 0 unspecified atom stereocenters. The lowest BCUT2D eigenvalue weighted by Crippen LogP contribution is -2.53. The van der Waals surface area contributed by atoms with Gasteiger partial charge >= 0.3 is 0 Å². The van der Waals surface area contributed by atoms with Crippen LogP contribution in [0, 0.1) is 19.8 Å². The fourth-order valence-corrected chi connectivity index (χ4v) is 6.80. The molecule has 2 aromatic rings. The highest BCUT2D eigenvalue weighted by Gasteiger charge is 2.37. The first kappa shape index (κ1) is 24.8. The number of hydrogen-bond acceptors (Lipinski definition) is 5. The highest BCUT2D eigenvalue weighted by molar-refractivity contribution is 7.89. The van der Waals surface area contributed by atoms with Crippen molar-refractivity contribution in [1.82, 2.24) is 9.21 Å². The van der Waals surface area contributed by atoms with Crippen molar-refractivity contribution in [2.45, 2.75) is 31.6 Å². The van der Waals surface area contributed by atoms with Crippen molar-refractivity contribution in [2.75, 3.05) is 51.3 Å². The van der Waals surface area contributed by atoms with E-state index in [1.165, 1.54) is 34.3 Å². The van der Waals surface area contributed by atoms with Crippen molar-refractivity contribution >= 4 is 33.2 Å². The molecule has 1 atom stereocenters. The van der Waals surface area contributed by atoms with Gasteiger partial charge in [0.1, 0.15) is 10.6 Å². The van der Waals surface area contributed by atoms with Crippen LogP contribution in [0.25, 0.3) is 0 Å². The molecule has 0 bridgehead atoms. The first-order valence-electron chi connectivity index (χ1n) is 11.7. The van der Waals surface area contributed by atoms with Crippen LogP contribution in [0.3, 0.4) is 0 Å². The molecule has 7 nitrogen and oxygen atoms in total. The Morgan fingerprint density at radius 1 is 1.06 bits per heavy atom. The van der Waals surface area contributed by atoms with Crippen molar-refractivity contribution in [3.63, 3.8) is 0 Å². The summed E-state index contributed by atoms with van der Waals surface area (Å²) >= 11 is 6.07. The van der Waals surface area contributed by atoms with Crippen molar-refractivity contribution in [2.24, 2.45) is 5.92 Å². The van der Waals surface area contributed by atoms with E-state index in [1.807, 2.05) is 4.90 Å². The van der Waals surface area contributed by atoms with Gasteiger partial charge in [0.15, 0.2) is 0 Å². The van der Waals surface area contributed by atoms with E-state index in [1.54, 1.807) is 12.1 Å². The molecule has 2 aliphatic rings. The summed E-state index contributed by atoms with van der Waals surface area (Å²) in [5, 5.41) is 0.325. The van der Waals surface area contributed by atoms with Crippen molar-refractivity contribution in [1.29, 1.82) is 0 Å². The molecule has 2 aromatic carbocycles. The Kier molecular flexibility index (Phi) is 7.40. The standard InChI is InChI=1S/C25H32ClN3O4S/c1-18-6-4-8-22(19(18)2)27-12-14-28(15-13-27)25(30)20-7-5-11-29(17-20)34(31,32)24-16-21(26)9-10-23(24)33-3/h4,6,8-10,16,20H,5,7,11-15,17H2,1-3H3/t20-/m0/s1. The molecule has 2 fully saturated rings. The van der Waals surface area contributed by atoms with Crippen LogP contribution in [0.1, 0.15) is 24.0 Å². The fraction of sp³-hybridized carbons (Fsp3) is 0.480. The van der Waals surface area contributed by atoms with E-state index >= 15 is 0 Å². The molecule has 0 aromatic heterocycles. The lowest BCUT2D eigenvalue weighted by molar-refractivity contribution is -0.137. The van der Waals surface area contributed by atoms with Gasteiger partial charge in [-0.1, -0.05) is 23.7 Å². The molecule has 34 heavy (non-hydrogen) atoms. The number of amides is 1. The summed E-state index contributed by atoms with van der Waals surface area (Å²) in [5.41, 5.74) is 3.75. The molecule has 4 rings (SSSR count). The van der Waals surface area contributed by atoms with Crippen LogP contribution < -0.4 is 9.64 Å². The summed E-state index contributed by atoms with van der Waals surface area (Å²) in [5.74, 6) is -0.0556.